The summed E-state index contributed by atoms with van der Waals surface area (Å²) in [6.45, 7) is 2.77. The molecule has 1 heterocycles. The molecule has 1 aromatic heterocycles. The van der Waals surface area contributed by atoms with Gasteiger partial charge >= 0.3 is 6.18 Å². The van der Waals surface area contributed by atoms with Crippen molar-refractivity contribution in [2.24, 2.45) is 0 Å². The van der Waals surface area contributed by atoms with Gasteiger partial charge in [-0.2, -0.15) is 13.2 Å². The van der Waals surface area contributed by atoms with Crippen LogP contribution in [0.15, 0.2) is 65.7 Å². The smallest absolute Gasteiger partial charge is 0.395 e. The first-order valence-corrected chi connectivity index (χ1v) is 12.4. The number of nitrogens with zero attached hydrogens (tertiary/aromatic N) is 1. The summed E-state index contributed by atoms with van der Waals surface area (Å²) in [6.07, 6.45) is -3.60. The molecule has 1 unspecified atom stereocenters. The Morgan fingerprint density at radius 3 is 2.17 bits per heavy atom. The lowest BCUT2D eigenvalue weighted by Crippen LogP contribution is -2.17. The number of hydrogen-bond acceptors (Lipinski definition) is 4. The van der Waals surface area contributed by atoms with Gasteiger partial charge in [0, 0.05) is 17.3 Å². The second kappa shape index (κ2) is 8.96. The van der Waals surface area contributed by atoms with Gasteiger partial charge in [0.1, 0.15) is 5.75 Å². The zero-order chi connectivity index (χ0) is 25.7. The molecule has 4 rings (SSSR count). The van der Waals surface area contributed by atoms with Crippen LogP contribution in [0.1, 0.15) is 24.0 Å². The van der Waals surface area contributed by atoms with Crippen molar-refractivity contribution >= 4 is 49.8 Å². The van der Waals surface area contributed by atoms with Crippen LogP contribution in [0, 0.1) is 6.92 Å². The van der Waals surface area contributed by atoms with Gasteiger partial charge in [-0.15, -0.1) is 0 Å². The number of fused-ring (bicyclic) bond motifs is 1. The van der Waals surface area contributed by atoms with Crippen LogP contribution in [-0.2, 0) is 10.0 Å². The van der Waals surface area contributed by atoms with Crippen molar-refractivity contribution in [1.82, 2.24) is 3.97 Å². The van der Waals surface area contributed by atoms with Crippen LogP contribution in [0.25, 0.3) is 10.9 Å². The van der Waals surface area contributed by atoms with Crippen LogP contribution in [0.2, 0.25) is 10.0 Å². The lowest BCUT2D eigenvalue weighted by molar-refractivity contribution is -0.146. The Balaban J connectivity index is 1.90. The lowest BCUT2D eigenvalue weighted by Gasteiger charge is -2.15. The molecular formula is C24H19Cl2F3N2O3S. The molecule has 0 saturated heterocycles. The van der Waals surface area contributed by atoms with E-state index in [4.69, 9.17) is 33.7 Å². The van der Waals surface area contributed by atoms with Gasteiger partial charge in [0.15, 0.2) is 5.75 Å². The van der Waals surface area contributed by atoms with E-state index >= 15 is 0 Å². The molecule has 5 nitrogen and oxygen atoms in total. The second-order valence-corrected chi connectivity index (χ2v) is 10.7. The van der Waals surface area contributed by atoms with E-state index in [-0.39, 0.29) is 42.9 Å². The van der Waals surface area contributed by atoms with Gasteiger partial charge in [-0.25, -0.2) is 12.4 Å². The van der Waals surface area contributed by atoms with Crippen LogP contribution in [0.5, 0.6) is 11.5 Å². The van der Waals surface area contributed by atoms with E-state index in [9.17, 15) is 21.6 Å². The minimum Gasteiger partial charge on any atom is -0.454 e. The molecular weight excluding hydrogens is 524 g/mol. The third-order valence-corrected chi connectivity index (χ3v) is 7.80. The average Bonchev–Trinajstić information content (AvgIpc) is 3.15. The summed E-state index contributed by atoms with van der Waals surface area (Å²) < 4.78 is 74.4. The molecule has 35 heavy (non-hydrogen) atoms. The summed E-state index contributed by atoms with van der Waals surface area (Å²) in [5, 5.41) is 0.280. The fourth-order valence-corrected chi connectivity index (χ4v) is 5.57. The number of hydrogen-bond donors (Lipinski definition) is 1. The molecule has 0 amide bonds. The molecule has 0 fully saturated rings. The van der Waals surface area contributed by atoms with E-state index in [1.54, 1.807) is 19.1 Å². The van der Waals surface area contributed by atoms with Crippen molar-refractivity contribution < 1.29 is 26.3 Å². The van der Waals surface area contributed by atoms with Crippen LogP contribution in [-0.4, -0.2) is 18.6 Å². The number of aryl methyl sites for hydroxylation is 1. The molecule has 11 heteroatoms. The molecule has 1 atom stereocenters. The second-order valence-electron chi connectivity index (χ2n) is 8.06. The Kier molecular flexibility index (Phi) is 6.46. The molecule has 0 radical (unpaired) electrons. The number of alkyl halides is 3. The first-order valence-electron chi connectivity index (χ1n) is 10.3. The highest BCUT2D eigenvalue weighted by atomic mass is 35.5. The molecule has 0 saturated carbocycles. The van der Waals surface area contributed by atoms with Crippen molar-refractivity contribution in [2.75, 3.05) is 5.73 Å². The molecule has 0 spiro atoms. The standard InChI is InChI=1S/C24H19Cl2F3N2O3S/c1-13-3-6-17(7-4-13)35(32,33)31-12-19(14(2)24(27,28)29)18-11-16(5-8-22(18)31)34-23-20(25)9-15(30)10-21(23)26/h3-12,14H,30H2,1-2H3. The number of nitrogen functional groups attached to an aromatic ring is 1. The fraction of sp³-hybridized carbons (Fsp3) is 0.167. The molecule has 0 aliphatic heterocycles. The quantitative estimate of drug-likeness (QED) is 0.264. The number of halogens is 5. The van der Waals surface area contributed by atoms with E-state index < -0.39 is 22.1 Å². The number of nitrogens with two attached hydrogens (primary N) is 1. The maximum absolute atomic E-state index is 13.7. The first-order chi connectivity index (χ1) is 16.3. The van der Waals surface area contributed by atoms with Gasteiger partial charge in [0.25, 0.3) is 10.0 Å². The fourth-order valence-electron chi connectivity index (χ4n) is 3.61. The molecule has 3 aromatic carbocycles. The Hall–Kier alpha value is -2.88. The summed E-state index contributed by atoms with van der Waals surface area (Å²) in [7, 11) is -4.18. The minimum atomic E-state index is -4.60. The third kappa shape index (κ3) is 4.80. The topological polar surface area (TPSA) is 74.3 Å². The van der Waals surface area contributed by atoms with Gasteiger partial charge in [0.05, 0.1) is 26.4 Å². The zero-order valence-electron chi connectivity index (χ0n) is 18.4. The number of rotatable bonds is 5. The molecule has 184 valence electrons. The maximum Gasteiger partial charge on any atom is 0.395 e. The Morgan fingerprint density at radius 1 is 1.00 bits per heavy atom. The lowest BCUT2D eigenvalue weighted by atomic mass is 10.00. The van der Waals surface area contributed by atoms with Crippen molar-refractivity contribution in [3.8, 4) is 11.5 Å². The Morgan fingerprint density at radius 2 is 1.60 bits per heavy atom. The van der Waals surface area contributed by atoms with Gasteiger partial charge in [-0.1, -0.05) is 40.9 Å². The molecule has 0 bridgehead atoms. The first kappa shape index (κ1) is 25.2. The molecule has 2 N–H and O–H groups in total. The van der Waals surface area contributed by atoms with Crippen molar-refractivity contribution in [3.05, 3.63) is 82.0 Å². The van der Waals surface area contributed by atoms with E-state index in [1.165, 1.54) is 42.5 Å². The Labute approximate surface area is 209 Å². The molecule has 4 aromatic rings. The zero-order valence-corrected chi connectivity index (χ0v) is 20.7. The Bertz CT molecular complexity index is 1510. The highest BCUT2D eigenvalue weighted by molar-refractivity contribution is 7.90. The largest absolute Gasteiger partial charge is 0.454 e. The number of aromatic nitrogens is 1. The van der Waals surface area contributed by atoms with Crippen molar-refractivity contribution in [1.29, 1.82) is 0 Å². The third-order valence-electron chi connectivity index (χ3n) is 5.55. The normalized spacial score (nSPS) is 13.2. The van der Waals surface area contributed by atoms with E-state index in [2.05, 4.69) is 0 Å². The number of benzene rings is 3. The van der Waals surface area contributed by atoms with Crippen LogP contribution < -0.4 is 10.5 Å². The summed E-state index contributed by atoms with van der Waals surface area (Å²) in [5.41, 5.74) is 6.70. The number of ether oxygens (including phenoxy) is 1. The van der Waals surface area contributed by atoms with E-state index in [0.29, 0.717) is 5.69 Å². The minimum absolute atomic E-state index is 0.0491. The predicted octanol–water partition coefficient (Wildman–Crippen LogP) is 7.53. The van der Waals surface area contributed by atoms with Crippen LogP contribution in [0.3, 0.4) is 0 Å². The van der Waals surface area contributed by atoms with Crippen molar-refractivity contribution in [3.63, 3.8) is 0 Å². The van der Waals surface area contributed by atoms with Gasteiger partial charge < -0.3 is 10.5 Å². The van der Waals surface area contributed by atoms with Gasteiger partial charge in [0.2, 0.25) is 0 Å². The maximum atomic E-state index is 13.7. The van der Waals surface area contributed by atoms with E-state index in [1.807, 2.05) is 0 Å². The molecule has 0 aliphatic carbocycles. The highest BCUT2D eigenvalue weighted by Gasteiger charge is 2.39. The summed E-state index contributed by atoms with van der Waals surface area (Å²) in [6, 6.07) is 13.0. The van der Waals surface area contributed by atoms with Gasteiger partial charge in [-0.3, -0.25) is 0 Å². The van der Waals surface area contributed by atoms with E-state index in [0.717, 1.165) is 22.7 Å². The van der Waals surface area contributed by atoms with Crippen LogP contribution in [0.4, 0.5) is 18.9 Å². The predicted molar refractivity (Wildman–Crippen MR) is 131 cm³/mol. The summed E-state index contributed by atoms with van der Waals surface area (Å²) in [4.78, 5) is -0.0491. The number of anilines is 1. The van der Waals surface area contributed by atoms with Crippen molar-refractivity contribution in [2.45, 2.75) is 30.8 Å². The summed E-state index contributed by atoms with van der Waals surface area (Å²) >= 11 is 12.3. The SMILES string of the molecule is Cc1ccc(S(=O)(=O)n2cc(C(C)C(F)(F)F)c3cc(Oc4c(Cl)cc(N)cc4Cl)ccc32)cc1. The highest BCUT2D eigenvalue weighted by Crippen LogP contribution is 2.42. The monoisotopic (exact) mass is 542 g/mol. The average molecular weight is 543 g/mol. The summed E-state index contributed by atoms with van der Waals surface area (Å²) in [5.74, 6) is -1.76. The molecule has 0 aliphatic rings. The van der Waals surface area contributed by atoms with Crippen LogP contribution >= 0.6 is 23.2 Å². The van der Waals surface area contributed by atoms with Gasteiger partial charge in [-0.05, 0) is 61.9 Å².